The standard InChI is InChI=1S/C23H18Cl2N4S2/c24-18-5-1-16(2-6-18)21-11-15(12-27-22(21)17-3-7-19(25)8-4-17)13-28-23(26)29-31-20-9-10-30-14-20/h1-12,14H,13H2,(H3,26,28,29). The number of rotatable bonds is 6. The minimum Gasteiger partial charge on any atom is -0.369 e. The Balaban J connectivity index is 1.60. The molecule has 0 saturated carbocycles. The van der Waals surface area contributed by atoms with Gasteiger partial charge in [0.1, 0.15) is 0 Å². The van der Waals surface area contributed by atoms with Gasteiger partial charge in [0.2, 0.25) is 0 Å². The summed E-state index contributed by atoms with van der Waals surface area (Å²) in [6.45, 7) is 0.414. The van der Waals surface area contributed by atoms with E-state index in [1.54, 1.807) is 11.3 Å². The number of nitrogens with two attached hydrogens (primary N) is 1. The molecule has 2 aromatic heterocycles. The Kier molecular flexibility index (Phi) is 7.14. The maximum Gasteiger partial charge on any atom is 0.199 e. The summed E-state index contributed by atoms with van der Waals surface area (Å²) in [5.41, 5.74) is 10.8. The number of aliphatic imine (C=N–C) groups is 1. The van der Waals surface area contributed by atoms with Gasteiger partial charge in [0.15, 0.2) is 5.96 Å². The minimum absolute atomic E-state index is 0.367. The predicted octanol–water partition coefficient (Wildman–Crippen LogP) is 6.90. The Morgan fingerprint density at radius 2 is 1.68 bits per heavy atom. The molecule has 3 N–H and O–H groups in total. The normalized spacial score (nSPS) is 11.5. The first-order valence-electron chi connectivity index (χ1n) is 9.34. The predicted molar refractivity (Wildman–Crippen MR) is 134 cm³/mol. The molecule has 2 heterocycles. The molecule has 8 heteroatoms. The zero-order valence-corrected chi connectivity index (χ0v) is 19.4. The summed E-state index contributed by atoms with van der Waals surface area (Å²) in [6.07, 6.45) is 1.83. The van der Waals surface area contributed by atoms with Gasteiger partial charge in [-0.2, -0.15) is 11.3 Å². The monoisotopic (exact) mass is 484 g/mol. The lowest BCUT2D eigenvalue weighted by Crippen LogP contribution is -2.25. The van der Waals surface area contributed by atoms with Crippen LogP contribution >= 0.6 is 46.5 Å². The summed E-state index contributed by atoms with van der Waals surface area (Å²) < 4.78 is 3.05. The fourth-order valence-electron chi connectivity index (χ4n) is 2.91. The number of aromatic nitrogens is 1. The number of benzene rings is 2. The highest BCUT2D eigenvalue weighted by molar-refractivity contribution is 7.98. The molecule has 0 aliphatic rings. The molecule has 0 bridgehead atoms. The number of halogens is 2. The smallest absolute Gasteiger partial charge is 0.199 e. The van der Waals surface area contributed by atoms with Crippen LogP contribution in [-0.2, 0) is 6.54 Å². The van der Waals surface area contributed by atoms with Crippen LogP contribution in [0, 0.1) is 0 Å². The van der Waals surface area contributed by atoms with Crippen molar-refractivity contribution in [3.8, 4) is 22.4 Å². The largest absolute Gasteiger partial charge is 0.369 e. The molecular formula is C23H18Cl2N4S2. The first kappa shape index (κ1) is 21.7. The summed E-state index contributed by atoms with van der Waals surface area (Å²) in [6, 6.07) is 19.5. The first-order chi connectivity index (χ1) is 15.1. The molecule has 0 spiro atoms. The number of nitrogens with zero attached hydrogens (tertiary/aromatic N) is 2. The number of hydrogen-bond acceptors (Lipinski definition) is 4. The van der Waals surface area contributed by atoms with Crippen molar-refractivity contribution in [3.63, 3.8) is 0 Å². The van der Waals surface area contributed by atoms with Crippen molar-refractivity contribution >= 4 is 52.4 Å². The van der Waals surface area contributed by atoms with Gasteiger partial charge in [0.25, 0.3) is 0 Å². The summed E-state index contributed by atoms with van der Waals surface area (Å²) in [7, 11) is 0. The molecule has 0 amide bonds. The van der Waals surface area contributed by atoms with Crippen LogP contribution in [0.4, 0.5) is 0 Å². The summed E-state index contributed by atoms with van der Waals surface area (Å²) in [5, 5.41) is 5.44. The highest BCUT2D eigenvalue weighted by atomic mass is 35.5. The van der Waals surface area contributed by atoms with Crippen molar-refractivity contribution in [1.82, 2.24) is 9.71 Å². The summed E-state index contributed by atoms with van der Waals surface area (Å²) in [4.78, 5) is 10.3. The zero-order chi connectivity index (χ0) is 21.6. The Bertz CT molecular complexity index is 1180. The third kappa shape index (κ3) is 5.80. The van der Waals surface area contributed by atoms with Crippen LogP contribution in [0.2, 0.25) is 10.0 Å². The van der Waals surface area contributed by atoms with Crippen LogP contribution in [0.5, 0.6) is 0 Å². The number of guanidine groups is 1. The van der Waals surface area contributed by atoms with Gasteiger partial charge in [-0.3, -0.25) is 9.71 Å². The highest BCUT2D eigenvalue weighted by Gasteiger charge is 2.11. The van der Waals surface area contributed by atoms with Crippen molar-refractivity contribution in [1.29, 1.82) is 0 Å². The van der Waals surface area contributed by atoms with Gasteiger partial charge in [-0.1, -0.05) is 47.5 Å². The molecule has 4 aromatic rings. The second-order valence-electron chi connectivity index (χ2n) is 6.62. The molecule has 0 radical (unpaired) electrons. The maximum absolute atomic E-state index is 6.09. The van der Waals surface area contributed by atoms with Crippen molar-refractivity contribution in [3.05, 3.63) is 93.2 Å². The van der Waals surface area contributed by atoms with Gasteiger partial charge >= 0.3 is 0 Å². The molecule has 0 fully saturated rings. The Hall–Kier alpha value is -2.51. The van der Waals surface area contributed by atoms with E-state index in [4.69, 9.17) is 33.9 Å². The van der Waals surface area contributed by atoms with E-state index in [9.17, 15) is 0 Å². The van der Waals surface area contributed by atoms with E-state index < -0.39 is 0 Å². The summed E-state index contributed by atoms with van der Waals surface area (Å²) in [5.74, 6) is 0.367. The Morgan fingerprint density at radius 1 is 1.00 bits per heavy atom. The van der Waals surface area contributed by atoms with E-state index in [0.717, 1.165) is 32.8 Å². The van der Waals surface area contributed by atoms with Crippen molar-refractivity contribution in [2.75, 3.05) is 0 Å². The molecule has 0 aliphatic heterocycles. The van der Waals surface area contributed by atoms with E-state index in [1.165, 1.54) is 11.9 Å². The van der Waals surface area contributed by atoms with E-state index in [2.05, 4.69) is 15.8 Å². The number of pyridine rings is 1. The van der Waals surface area contributed by atoms with Gasteiger partial charge in [0.05, 0.1) is 12.2 Å². The fourth-order valence-corrected chi connectivity index (χ4v) is 4.55. The van der Waals surface area contributed by atoms with Gasteiger partial charge in [-0.05, 0) is 64.9 Å². The molecule has 0 saturated heterocycles. The molecular weight excluding hydrogens is 467 g/mol. The molecule has 156 valence electrons. The van der Waals surface area contributed by atoms with Gasteiger partial charge in [-0.25, -0.2) is 4.99 Å². The lowest BCUT2D eigenvalue weighted by atomic mass is 9.98. The topological polar surface area (TPSA) is 63.3 Å². The lowest BCUT2D eigenvalue weighted by Gasteiger charge is -2.12. The molecule has 4 nitrogen and oxygen atoms in total. The zero-order valence-electron chi connectivity index (χ0n) is 16.3. The highest BCUT2D eigenvalue weighted by Crippen LogP contribution is 2.32. The van der Waals surface area contributed by atoms with Crippen molar-refractivity contribution < 1.29 is 0 Å². The quantitative estimate of drug-likeness (QED) is 0.177. The SMILES string of the molecule is NC(=NCc1cnc(-c2ccc(Cl)cc2)c(-c2ccc(Cl)cc2)c1)NSc1ccsc1. The average molecular weight is 485 g/mol. The van der Waals surface area contributed by atoms with E-state index in [-0.39, 0.29) is 0 Å². The maximum atomic E-state index is 6.09. The first-order valence-corrected chi connectivity index (χ1v) is 11.9. The van der Waals surface area contributed by atoms with Crippen LogP contribution in [-0.4, -0.2) is 10.9 Å². The van der Waals surface area contributed by atoms with E-state index in [0.29, 0.717) is 22.5 Å². The summed E-state index contributed by atoms with van der Waals surface area (Å²) >= 11 is 15.2. The minimum atomic E-state index is 0.367. The third-order valence-electron chi connectivity index (χ3n) is 4.42. The van der Waals surface area contributed by atoms with E-state index in [1.807, 2.05) is 71.6 Å². The Labute approximate surface area is 199 Å². The molecule has 0 unspecified atom stereocenters. The lowest BCUT2D eigenvalue weighted by molar-refractivity contribution is 1.03. The van der Waals surface area contributed by atoms with Crippen LogP contribution < -0.4 is 10.5 Å². The molecule has 31 heavy (non-hydrogen) atoms. The van der Waals surface area contributed by atoms with Crippen molar-refractivity contribution in [2.24, 2.45) is 10.7 Å². The molecule has 0 atom stereocenters. The van der Waals surface area contributed by atoms with Crippen LogP contribution in [0.1, 0.15) is 5.56 Å². The van der Waals surface area contributed by atoms with Gasteiger partial charge in [-0.15, -0.1) is 0 Å². The number of nitrogens with one attached hydrogen (secondary N) is 1. The number of thiophene rings is 1. The molecule has 4 rings (SSSR count). The van der Waals surface area contributed by atoms with Gasteiger partial charge in [0, 0.05) is 37.6 Å². The molecule has 2 aromatic carbocycles. The van der Waals surface area contributed by atoms with Gasteiger partial charge < -0.3 is 5.73 Å². The van der Waals surface area contributed by atoms with Crippen LogP contribution in [0.15, 0.2) is 87.5 Å². The fraction of sp³-hybridized carbons (Fsp3) is 0.0435. The second kappa shape index (κ2) is 10.2. The van der Waals surface area contributed by atoms with Crippen LogP contribution in [0.3, 0.4) is 0 Å². The number of hydrogen-bond donors (Lipinski definition) is 2. The van der Waals surface area contributed by atoms with E-state index >= 15 is 0 Å². The van der Waals surface area contributed by atoms with Crippen molar-refractivity contribution in [2.45, 2.75) is 11.4 Å². The molecule has 0 aliphatic carbocycles. The third-order valence-corrected chi connectivity index (χ3v) is 6.55. The average Bonchev–Trinajstić information content (AvgIpc) is 3.31. The second-order valence-corrected chi connectivity index (χ2v) is 9.15. The van der Waals surface area contributed by atoms with Crippen LogP contribution in [0.25, 0.3) is 22.4 Å². The Morgan fingerprint density at radius 3 is 2.32 bits per heavy atom.